The number of fused-ring (bicyclic) bond motifs is 1. The van der Waals surface area contributed by atoms with Crippen LogP contribution in [0.1, 0.15) is 29.8 Å². The van der Waals surface area contributed by atoms with E-state index in [1.54, 1.807) is 30.6 Å². The Balaban J connectivity index is 1.92. The molecule has 2 aliphatic rings. The van der Waals surface area contributed by atoms with Crippen molar-refractivity contribution in [3.8, 4) is 11.8 Å². The molecule has 0 atom stereocenters. The minimum Gasteiger partial charge on any atom is -0.491 e. The van der Waals surface area contributed by atoms with Gasteiger partial charge in [-0.25, -0.2) is 0 Å². The van der Waals surface area contributed by atoms with Crippen molar-refractivity contribution in [2.75, 3.05) is 6.54 Å². The molecule has 0 aliphatic carbocycles. The lowest BCUT2D eigenvalue weighted by Crippen LogP contribution is -2.27. The van der Waals surface area contributed by atoms with Crippen LogP contribution in [0.5, 0.6) is 5.75 Å². The first kappa shape index (κ1) is 14.0. The van der Waals surface area contributed by atoms with Crippen LogP contribution in [0.4, 0.5) is 0 Å². The number of nitrogens with zero attached hydrogens (tertiary/aromatic N) is 4. The van der Waals surface area contributed by atoms with Gasteiger partial charge in [0.15, 0.2) is 0 Å². The lowest BCUT2D eigenvalue weighted by Gasteiger charge is -2.16. The van der Waals surface area contributed by atoms with Crippen molar-refractivity contribution in [2.24, 2.45) is 10.2 Å². The molecular weight excluding hydrogens is 280 g/mol. The van der Waals surface area contributed by atoms with E-state index < -0.39 is 0 Å². The smallest absolute Gasteiger partial charge is 0.259 e. The van der Waals surface area contributed by atoms with E-state index in [0.29, 0.717) is 23.4 Å². The monoisotopic (exact) mass is 294 g/mol. The van der Waals surface area contributed by atoms with Crippen molar-refractivity contribution in [1.82, 2.24) is 4.90 Å². The molecule has 3 rings (SSSR count). The average molecular weight is 294 g/mol. The van der Waals surface area contributed by atoms with Crippen molar-refractivity contribution in [3.05, 3.63) is 41.1 Å². The summed E-state index contributed by atoms with van der Waals surface area (Å²) in [5.41, 5.74) is 2.25. The van der Waals surface area contributed by atoms with Gasteiger partial charge < -0.3 is 9.64 Å². The molecule has 1 aromatic rings. The highest BCUT2D eigenvalue weighted by Crippen LogP contribution is 2.23. The van der Waals surface area contributed by atoms with Crippen LogP contribution >= 0.6 is 0 Å². The first-order valence-electron chi connectivity index (χ1n) is 6.92. The number of hydrogen-bond acceptors (Lipinski definition) is 5. The molecule has 0 saturated heterocycles. The highest BCUT2D eigenvalue weighted by molar-refractivity contribution is 6.22. The summed E-state index contributed by atoms with van der Waals surface area (Å²) in [6.45, 7) is 4.18. The van der Waals surface area contributed by atoms with E-state index in [2.05, 4.69) is 16.3 Å². The summed E-state index contributed by atoms with van der Waals surface area (Å²) in [5, 5.41) is 17.0. The summed E-state index contributed by atoms with van der Waals surface area (Å²) in [5.74, 6) is 0.326. The number of carbonyl (C=O) groups is 1. The predicted molar refractivity (Wildman–Crippen MR) is 82.0 cm³/mol. The molecule has 0 saturated carbocycles. The number of carbonyl (C=O) groups excluding carboxylic acids is 1. The van der Waals surface area contributed by atoms with E-state index in [-0.39, 0.29) is 12.0 Å². The van der Waals surface area contributed by atoms with Gasteiger partial charge in [0, 0.05) is 11.8 Å². The molecular formula is C16H14N4O2. The van der Waals surface area contributed by atoms with Crippen molar-refractivity contribution in [1.29, 1.82) is 5.26 Å². The Kier molecular flexibility index (Phi) is 3.47. The zero-order chi connectivity index (χ0) is 15.7. The van der Waals surface area contributed by atoms with Crippen molar-refractivity contribution in [3.63, 3.8) is 0 Å². The number of hydrogen-bond donors (Lipinski definition) is 0. The third-order valence-corrected chi connectivity index (χ3v) is 3.30. The van der Waals surface area contributed by atoms with Gasteiger partial charge in [0.2, 0.25) is 0 Å². The topological polar surface area (TPSA) is 78.0 Å². The van der Waals surface area contributed by atoms with Crippen LogP contribution in [0.3, 0.4) is 0 Å². The molecule has 2 heterocycles. The largest absolute Gasteiger partial charge is 0.491 e. The number of ether oxygens (including phenoxy) is 1. The second-order valence-electron chi connectivity index (χ2n) is 5.29. The van der Waals surface area contributed by atoms with Crippen molar-refractivity contribution < 1.29 is 9.53 Å². The number of nitriles is 1. The van der Waals surface area contributed by atoms with Crippen LogP contribution in [0.2, 0.25) is 0 Å². The van der Waals surface area contributed by atoms with Crippen LogP contribution in [0.25, 0.3) is 0 Å². The summed E-state index contributed by atoms with van der Waals surface area (Å²) >= 11 is 0. The maximum absolute atomic E-state index is 12.7. The van der Waals surface area contributed by atoms with E-state index >= 15 is 0 Å². The fraction of sp³-hybridized carbons (Fsp3) is 0.250. The first-order chi connectivity index (χ1) is 10.6. The minimum atomic E-state index is -0.247. The van der Waals surface area contributed by atoms with Crippen LogP contribution < -0.4 is 4.74 Å². The number of benzene rings is 1. The summed E-state index contributed by atoms with van der Waals surface area (Å²) < 4.78 is 5.60. The lowest BCUT2D eigenvalue weighted by atomic mass is 10.1. The van der Waals surface area contributed by atoms with Gasteiger partial charge in [-0.2, -0.15) is 15.5 Å². The third kappa shape index (κ3) is 2.49. The Bertz CT molecular complexity index is 769. The molecule has 6 heteroatoms. The summed E-state index contributed by atoms with van der Waals surface area (Å²) in [4.78, 5) is 14.2. The Labute approximate surface area is 128 Å². The Hall–Kier alpha value is -2.94. The van der Waals surface area contributed by atoms with Gasteiger partial charge in [-0.3, -0.25) is 4.79 Å². The maximum Gasteiger partial charge on any atom is 0.259 e. The third-order valence-electron chi connectivity index (χ3n) is 3.30. The molecule has 1 amide bonds. The quantitative estimate of drug-likeness (QED) is 0.856. The lowest BCUT2D eigenvalue weighted by molar-refractivity contribution is 0.0842. The molecule has 0 fully saturated rings. The highest BCUT2D eigenvalue weighted by atomic mass is 16.5. The highest BCUT2D eigenvalue weighted by Gasteiger charge is 2.28. The van der Waals surface area contributed by atoms with Gasteiger partial charge in [0.1, 0.15) is 5.75 Å². The number of amides is 1. The molecule has 0 N–H and O–H groups in total. The van der Waals surface area contributed by atoms with E-state index in [1.165, 1.54) is 4.90 Å². The van der Waals surface area contributed by atoms with E-state index in [9.17, 15) is 10.1 Å². The second kappa shape index (κ2) is 5.45. The molecule has 6 nitrogen and oxygen atoms in total. The molecule has 0 aromatic heterocycles. The van der Waals surface area contributed by atoms with Gasteiger partial charge in [-0.15, -0.1) is 0 Å². The molecule has 1 aromatic carbocycles. The van der Waals surface area contributed by atoms with E-state index in [1.807, 2.05) is 13.8 Å². The van der Waals surface area contributed by atoms with Gasteiger partial charge in [0.25, 0.3) is 5.91 Å². The number of rotatable bonds is 3. The second-order valence-corrected chi connectivity index (χ2v) is 5.29. The summed E-state index contributed by atoms with van der Waals surface area (Å²) in [7, 11) is 0. The molecule has 0 spiro atoms. The zero-order valence-electron chi connectivity index (χ0n) is 12.3. The standard InChI is InChI=1S/C16H14N4O2/c1-10(2)22-13-4-3-11(6-17)14(5-13)16(21)20-8-12-7-18-19-15(12)9-20/h3-5,7-8,10H,9H2,1-2H3. The van der Waals surface area contributed by atoms with Gasteiger partial charge in [-0.05, 0) is 32.0 Å². The molecule has 110 valence electrons. The zero-order valence-corrected chi connectivity index (χ0v) is 12.3. The average Bonchev–Trinajstić information content (AvgIpc) is 3.07. The van der Waals surface area contributed by atoms with Gasteiger partial charge >= 0.3 is 0 Å². The molecule has 22 heavy (non-hydrogen) atoms. The van der Waals surface area contributed by atoms with Gasteiger partial charge in [-0.1, -0.05) is 0 Å². The minimum absolute atomic E-state index is 0.00489. The maximum atomic E-state index is 12.7. The molecule has 0 bridgehead atoms. The normalized spacial score (nSPS) is 15.5. The van der Waals surface area contributed by atoms with E-state index in [4.69, 9.17) is 4.74 Å². The molecule has 2 aliphatic heterocycles. The van der Waals surface area contributed by atoms with Crippen molar-refractivity contribution >= 4 is 17.8 Å². The van der Waals surface area contributed by atoms with E-state index in [0.717, 1.165) is 11.3 Å². The SMILES string of the molecule is CC(C)Oc1ccc(C#N)c(C(=O)N2C=C3C=NN=C3C2)c1. The summed E-state index contributed by atoms with van der Waals surface area (Å²) in [6, 6.07) is 6.97. The van der Waals surface area contributed by atoms with Crippen LogP contribution in [-0.4, -0.2) is 35.4 Å². The predicted octanol–water partition coefficient (Wildman–Crippen LogP) is 2.13. The van der Waals surface area contributed by atoms with Crippen LogP contribution in [-0.2, 0) is 0 Å². The Morgan fingerprint density at radius 3 is 2.95 bits per heavy atom. The van der Waals surface area contributed by atoms with Crippen LogP contribution in [0, 0.1) is 11.3 Å². The summed E-state index contributed by atoms with van der Waals surface area (Å²) in [6.07, 6.45) is 3.32. The molecule has 0 unspecified atom stereocenters. The Morgan fingerprint density at radius 2 is 2.27 bits per heavy atom. The fourth-order valence-corrected chi connectivity index (χ4v) is 2.33. The Morgan fingerprint density at radius 1 is 1.45 bits per heavy atom. The van der Waals surface area contributed by atoms with Gasteiger partial charge in [0.05, 0.1) is 41.8 Å². The van der Waals surface area contributed by atoms with Crippen LogP contribution in [0.15, 0.2) is 40.2 Å². The molecule has 0 radical (unpaired) electrons. The van der Waals surface area contributed by atoms with Crippen molar-refractivity contribution in [2.45, 2.75) is 20.0 Å². The fourth-order valence-electron chi connectivity index (χ4n) is 2.33. The first-order valence-corrected chi connectivity index (χ1v) is 6.92.